The maximum absolute atomic E-state index is 2.31. The highest BCUT2D eigenvalue weighted by atomic mass is 14.2. The summed E-state index contributed by atoms with van der Waals surface area (Å²) in [6.45, 7) is 8.32. The second-order valence-corrected chi connectivity index (χ2v) is 4.50. The molecule has 0 aliphatic heterocycles. The van der Waals surface area contributed by atoms with Gasteiger partial charge < -0.3 is 0 Å². The van der Waals surface area contributed by atoms with Crippen LogP contribution in [0.4, 0.5) is 0 Å². The summed E-state index contributed by atoms with van der Waals surface area (Å²) in [7, 11) is 0. The maximum Gasteiger partial charge on any atom is -0.00133 e. The Bertz CT molecular complexity index is 486. The predicted octanol–water partition coefficient (Wildman–Crippen LogP) is 6.81. The van der Waals surface area contributed by atoms with Crippen LogP contribution in [0.3, 0.4) is 0 Å². The minimum absolute atomic E-state index is 0. The largest absolute Gasteiger partial charge is 0.0776 e. The molecule has 0 radical (unpaired) electrons. The average Bonchev–Trinajstić information content (AvgIpc) is 2.67. The van der Waals surface area contributed by atoms with Crippen molar-refractivity contribution in [1.82, 2.24) is 0 Å². The highest BCUT2D eigenvalue weighted by molar-refractivity contribution is 5.77. The molecule has 0 aromatic heterocycles. The second kappa shape index (κ2) is 8.58. The first-order valence-electron chi connectivity index (χ1n) is 6.43. The monoisotopic (exact) mass is 272 g/mol. The lowest BCUT2D eigenvalue weighted by molar-refractivity contribution is 1.24. The van der Waals surface area contributed by atoms with Crippen molar-refractivity contribution in [2.45, 2.75) is 56.4 Å². The van der Waals surface area contributed by atoms with Crippen molar-refractivity contribution in [2.24, 2.45) is 0 Å². The Balaban J connectivity index is 0. The molecule has 0 amide bonds. The Labute approximate surface area is 126 Å². The molecule has 20 heavy (non-hydrogen) atoms. The molecule has 0 heteroatoms. The summed E-state index contributed by atoms with van der Waals surface area (Å²) in [5.74, 6) is 0. The van der Waals surface area contributed by atoms with E-state index in [1.54, 1.807) is 0 Å². The van der Waals surface area contributed by atoms with Gasteiger partial charge in [-0.3, -0.25) is 0 Å². The van der Waals surface area contributed by atoms with Crippen molar-refractivity contribution in [2.75, 3.05) is 0 Å². The molecule has 0 fully saturated rings. The van der Waals surface area contributed by atoms with E-state index in [1.807, 2.05) is 13.8 Å². The molecular weight excluding hydrogens is 240 g/mol. The Morgan fingerprint density at radius 3 is 1.35 bits per heavy atom. The molecule has 0 spiro atoms. The molecule has 3 rings (SSSR count). The SMILES string of the molecule is C.C.C.CC.Cc1ccc2c(c1)Cc1cc(C)ccc1-2. The van der Waals surface area contributed by atoms with E-state index in [0.29, 0.717) is 0 Å². The summed E-state index contributed by atoms with van der Waals surface area (Å²) in [4.78, 5) is 0. The maximum atomic E-state index is 2.31. The van der Waals surface area contributed by atoms with Crippen molar-refractivity contribution in [3.63, 3.8) is 0 Å². The Morgan fingerprint density at radius 1 is 0.650 bits per heavy atom. The van der Waals surface area contributed by atoms with Gasteiger partial charge in [-0.15, -0.1) is 0 Å². The third-order valence-corrected chi connectivity index (χ3v) is 3.19. The van der Waals surface area contributed by atoms with Crippen LogP contribution in [0.15, 0.2) is 36.4 Å². The van der Waals surface area contributed by atoms with Gasteiger partial charge in [-0.05, 0) is 42.5 Å². The molecule has 0 unspecified atom stereocenters. The lowest BCUT2D eigenvalue weighted by atomic mass is 10.0. The molecule has 0 nitrogen and oxygen atoms in total. The van der Waals surface area contributed by atoms with Gasteiger partial charge in [0, 0.05) is 0 Å². The van der Waals surface area contributed by atoms with E-state index >= 15 is 0 Å². The van der Waals surface area contributed by atoms with E-state index < -0.39 is 0 Å². The van der Waals surface area contributed by atoms with Crippen molar-refractivity contribution in [3.05, 3.63) is 58.7 Å². The van der Waals surface area contributed by atoms with E-state index in [-0.39, 0.29) is 22.3 Å². The highest BCUT2D eigenvalue weighted by Gasteiger charge is 2.17. The molecular formula is C20H32. The standard InChI is InChI=1S/C15H14.C2H6.3CH4/c1-10-3-5-14-12(7-10)9-13-8-11(2)4-6-15(13)14;1-2;;;/h3-8H,9H2,1-2H3;1-2H3;3*1H4. The molecule has 0 bridgehead atoms. The minimum atomic E-state index is 0. The molecule has 0 saturated heterocycles. The summed E-state index contributed by atoms with van der Waals surface area (Å²) in [5.41, 5.74) is 8.54. The van der Waals surface area contributed by atoms with Crippen LogP contribution in [0.5, 0.6) is 0 Å². The minimum Gasteiger partial charge on any atom is -0.0776 e. The van der Waals surface area contributed by atoms with Gasteiger partial charge in [-0.1, -0.05) is 83.7 Å². The van der Waals surface area contributed by atoms with Gasteiger partial charge in [0.05, 0.1) is 0 Å². The van der Waals surface area contributed by atoms with Crippen LogP contribution in [0, 0.1) is 13.8 Å². The number of aryl methyl sites for hydroxylation is 2. The number of hydrogen-bond acceptors (Lipinski definition) is 0. The molecule has 0 atom stereocenters. The van der Waals surface area contributed by atoms with Crippen LogP contribution >= 0.6 is 0 Å². The number of hydrogen-bond donors (Lipinski definition) is 0. The molecule has 2 aromatic carbocycles. The first-order valence-corrected chi connectivity index (χ1v) is 6.43. The molecule has 1 aliphatic rings. The summed E-state index contributed by atoms with van der Waals surface area (Å²) in [6, 6.07) is 13.5. The van der Waals surface area contributed by atoms with Crippen LogP contribution in [0.1, 0.15) is 58.4 Å². The zero-order valence-electron chi connectivity index (χ0n) is 11.2. The van der Waals surface area contributed by atoms with Gasteiger partial charge in [0.1, 0.15) is 0 Å². The number of rotatable bonds is 0. The lowest BCUT2D eigenvalue weighted by Crippen LogP contribution is -1.81. The van der Waals surface area contributed by atoms with E-state index in [1.165, 1.54) is 33.4 Å². The highest BCUT2D eigenvalue weighted by Crippen LogP contribution is 2.37. The summed E-state index contributed by atoms with van der Waals surface area (Å²) < 4.78 is 0. The lowest BCUT2D eigenvalue weighted by Gasteiger charge is -2.01. The zero-order chi connectivity index (χ0) is 12.4. The molecule has 1 aliphatic carbocycles. The van der Waals surface area contributed by atoms with Gasteiger partial charge in [0.15, 0.2) is 0 Å². The van der Waals surface area contributed by atoms with E-state index in [4.69, 9.17) is 0 Å². The Hall–Kier alpha value is -1.56. The van der Waals surface area contributed by atoms with Crippen LogP contribution in [-0.2, 0) is 6.42 Å². The van der Waals surface area contributed by atoms with Crippen molar-refractivity contribution >= 4 is 0 Å². The van der Waals surface area contributed by atoms with Gasteiger partial charge in [0.2, 0.25) is 0 Å². The average molecular weight is 272 g/mol. The van der Waals surface area contributed by atoms with Crippen molar-refractivity contribution < 1.29 is 0 Å². The third kappa shape index (κ3) is 3.72. The zero-order valence-corrected chi connectivity index (χ0v) is 11.2. The van der Waals surface area contributed by atoms with Gasteiger partial charge in [-0.25, -0.2) is 0 Å². The van der Waals surface area contributed by atoms with Gasteiger partial charge in [0.25, 0.3) is 0 Å². The topological polar surface area (TPSA) is 0 Å². The quantitative estimate of drug-likeness (QED) is 0.421. The second-order valence-electron chi connectivity index (χ2n) is 4.50. The summed E-state index contributed by atoms with van der Waals surface area (Å²) in [6.07, 6.45) is 1.11. The van der Waals surface area contributed by atoms with Crippen molar-refractivity contribution in [3.8, 4) is 11.1 Å². The molecule has 112 valence electrons. The fraction of sp³-hybridized carbons (Fsp3) is 0.400. The Morgan fingerprint density at radius 2 is 1.00 bits per heavy atom. The van der Waals surface area contributed by atoms with Crippen LogP contribution < -0.4 is 0 Å². The summed E-state index contributed by atoms with van der Waals surface area (Å²) in [5, 5.41) is 0. The van der Waals surface area contributed by atoms with E-state index in [0.717, 1.165) is 6.42 Å². The molecule has 2 aromatic rings. The Kier molecular flexibility index (Phi) is 8.90. The van der Waals surface area contributed by atoms with Crippen LogP contribution in [0.2, 0.25) is 0 Å². The molecule has 0 saturated carbocycles. The first kappa shape index (κ1) is 20.8. The first-order chi connectivity index (χ1) is 8.24. The van der Waals surface area contributed by atoms with Crippen LogP contribution in [0.25, 0.3) is 11.1 Å². The normalized spacial score (nSPS) is 9.60. The van der Waals surface area contributed by atoms with Crippen LogP contribution in [-0.4, -0.2) is 0 Å². The number of benzene rings is 2. The summed E-state index contributed by atoms with van der Waals surface area (Å²) >= 11 is 0. The third-order valence-electron chi connectivity index (χ3n) is 3.19. The molecule has 0 heterocycles. The fourth-order valence-electron chi connectivity index (χ4n) is 2.47. The van der Waals surface area contributed by atoms with Gasteiger partial charge >= 0.3 is 0 Å². The van der Waals surface area contributed by atoms with Crippen molar-refractivity contribution in [1.29, 1.82) is 0 Å². The molecule has 0 N–H and O–H groups in total. The van der Waals surface area contributed by atoms with E-state index in [2.05, 4.69) is 50.2 Å². The smallest absolute Gasteiger partial charge is 0.00133 e. The van der Waals surface area contributed by atoms with Gasteiger partial charge in [-0.2, -0.15) is 0 Å². The van der Waals surface area contributed by atoms with E-state index in [9.17, 15) is 0 Å². The predicted molar refractivity (Wildman–Crippen MR) is 95.7 cm³/mol. The number of fused-ring (bicyclic) bond motifs is 3. The fourth-order valence-corrected chi connectivity index (χ4v) is 2.47.